The molecule has 4 atom stereocenters. The van der Waals surface area contributed by atoms with Crippen LogP contribution < -0.4 is 10.6 Å². The van der Waals surface area contributed by atoms with Crippen LogP contribution >= 0.6 is 0 Å². The van der Waals surface area contributed by atoms with Gasteiger partial charge in [-0.1, -0.05) is 0 Å². The summed E-state index contributed by atoms with van der Waals surface area (Å²) < 4.78 is 0. The summed E-state index contributed by atoms with van der Waals surface area (Å²) >= 11 is 0. The Morgan fingerprint density at radius 3 is 1.36 bits per heavy atom. The molecular weight excluding hydrogens is 296 g/mol. The number of rotatable bonds is 10. The first-order valence-corrected chi connectivity index (χ1v) is 6.71. The van der Waals surface area contributed by atoms with Gasteiger partial charge in [0.15, 0.2) is 11.6 Å². The van der Waals surface area contributed by atoms with Crippen LogP contribution in [0.1, 0.15) is 0 Å². The van der Waals surface area contributed by atoms with Gasteiger partial charge in [0, 0.05) is 12.4 Å². The van der Waals surface area contributed by atoms with Crippen molar-refractivity contribution in [3.63, 3.8) is 0 Å². The van der Waals surface area contributed by atoms with Gasteiger partial charge in [-0.15, -0.1) is 0 Å². The van der Waals surface area contributed by atoms with Crippen molar-refractivity contribution >= 4 is 11.6 Å². The molecule has 0 fully saturated rings. The maximum Gasteiger partial charge on any atom is 0.169 e. The van der Waals surface area contributed by atoms with Crippen molar-refractivity contribution < 1.29 is 30.6 Å². The van der Waals surface area contributed by atoms with Gasteiger partial charge in [-0.2, -0.15) is 0 Å². The topological polar surface area (TPSA) is 171 Å². The first kappa shape index (κ1) is 18.5. The van der Waals surface area contributed by atoms with Gasteiger partial charge >= 0.3 is 0 Å². The number of aliphatic hydroxyl groups is 6. The Morgan fingerprint density at radius 1 is 0.727 bits per heavy atom. The van der Waals surface area contributed by atoms with E-state index in [1.165, 1.54) is 12.4 Å². The smallest absolute Gasteiger partial charge is 0.169 e. The summed E-state index contributed by atoms with van der Waals surface area (Å²) in [4.78, 5) is 7.98. The van der Waals surface area contributed by atoms with E-state index in [1.54, 1.807) is 0 Å². The number of hydrogen-bond acceptors (Lipinski definition) is 10. The lowest BCUT2D eigenvalue weighted by Crippen LogP contribution is -2.41. The van der Waals surface area contributed by atoms with Crippen LogP contribution in [0.15, 0.2) is 12.4 Å². The third kappa shape index (κ3) is 5.02. The second-order valence-electron chi connectivity index (χ2n) is 4.62. The van der Waals surface area contributed by atoms with Gasteiger partial charge in [0.05, 0.1) is 50.7 Å². The molecule has 8 N–H and O–H groups in total. The Bertz CT molecular complexity index is 399. The number of hydrogen-bond donors (Lipinski definition) is 8. The monoisotopic (exact) mass is 318 g/mol. The van der Waals surface area contributed by atoms with Crippen LogP contribution in [0.5, 0.6) is 0 Å². The summed E-state index contributed by atoms with van der Waals surface area (Å²) in [6.45, 7) is -2.02. The maximum atomic E-state index is 9.57. The van der Waals surface area contributed by atoms with E-state index in [1.807, 2.05) is 0 Å². The Hall–Kier alpha value is -1.56. The summed E-state index contributed by atoms with van der Waals surface area (Å²) in [5.41, 5.74) is 0. The van der Waals surface area contributed by atoms with Gasteiger partial charge in [0.25, 0.3) is 0 Å². The molecule has 0 saturated carbocycles. The third-order valence-electron chi connectivity index (χ3n) is 3.04. The summed E-state index contributed by atoms with van der Waals surface area (Å²) in [6, 6.07) is -1.75. The zero-order chi connectivity index (χ0) is 16.5. The molecule has 0 amide bonds. The standard InChI is InChI=1S/C12H22N4O6/c17-3-7(9(21)5-19)15-11-12(14-2-1-13-11)16-8(4-18)10(22)6-20/h1-2,7-10,17-22H,3-6H2,(H,13,15)(H,14,16). The predicted octanol–water partition coefficient (Wildman–Crippen LogP) is -3.27. The van der Waals surface area contributed by atoms with E-state index in [-0.39, 0.29) is 11.6 Å². The molecule has 10 heteroatoms. The second-order valence-corrected chi connectivity index (χ2v) is 4.62. The predicted molar refractivity (Wildman–Crippen MR) is 77.2 cm³/mol. The lowest BCUT2D eigenvalue weighted by molar-refractivity contribution is 0.0604. The second kappa shape index (κ2) is 9.46. The minimum atomic E-state index is -1.21. The van der Waals surface area contributed by atoms with Crippen molar-refractivity contribution in [2.24, 2.45) is 0 Å². The van der Waals surface area contributed by atoms with E-state index in [2.05, 4.69) is 20.6 Å². The zero-order valence-electron chi connectivity index (χ0n) is 11.9. The molecule has 4 unspecified atom stereocenters. The molecule has 10 nitrogen and oxygen atoms in total. The molecule has 1 aromatic heterocycles. The van der Waals surface area contributed by atoms with Gasteiger partial charge in [-0.05, 0) is 0 Å². The summed E-state index contributed by atoms with van der Waals surface area (Å²) in [5, 5.41) is 60.9. The quantitative estimate of drug-likeness (QED) is 0.219. The minimum absolute atomic E-state index is 0.151. The molecule has 0 bridgehead atoms. The number of anilines is 2. The van der Waals surface area contributed by atoms with E-state index in [0.29, 0.717) is 0 Å². The van der Waals surface area contributed by atoms with Crippen LogP contribution in [-0.4, -0.2) is 91.3 Å². The van der Waals surface area contributed by atoms with Gasteiger partial charge in [0.2, 0.25) is 0 Å². The molecule has 1 heterocycles. The van der Waals surface area contributed by atoms with Gasteiger partial charge < -0.3 is 41.3 Å². The van der Waals surface area contributed by atoms with Crippen LogP contribution in [0.2, 0.25) is 0 Å². The Morgan fingerprint density at radius 2 is 1.09 bits per heavy atom. The number of aromatic nitrogens is 2. The van der Waals surface area contributed by atoms with Crippen LogP contribution in [0, 0.1) is 0 Å². The molecule has 0 aliphatic rings. The van der Waals surface area contributed by atoms with Crippen molar-refractivity contribution in [1.82, 2.24) is 9.97 Å². The van der Waals surface area contributed by atoms with Crippen LogP contribution in [0.3, 0.4) is 0 Å². The van der Waals surface area contributed by atoms with Gasteiger partial charge in [-0.3, -0.25) is 0 Å². The van der Waals surface area contributed by atoms with E-state index in [9.17, 15) is 20.4 Å². The molecule has 1 rings (SSSR count). The van der Waals surface area contributed by atoms with Crippen LogP contribution in [0.4, 0.5) is 11.6 Å². The Labute approximate surface area is 127 Å². The fourth-order valence-electron chi connectivity index (χ4n) is 1.68. The Kier molecular flexibility index (Phi) is 7.95. The molecule has 0 saturated heterocycles. The number of aliphatic hydroxyl groups excluding tert-OH is 6. The fourth-order valence-corrected chi connectivity index (χ4v) is 1.68. The highest BCUT2D eigenvalue weighted by Crippen LogP contribution is 2.18. The Balaban J connectivity index is 2.89. The lowest BCUT2D eigenvalue weighted by atomic mass is 10.1. The first-order valence-electron chi connectivity index (χ1n) is 6.71. The normalized spacial score (nSPS) is 16.6. The number of nitrogens with one attached hydrogen (secondary N) is 2. The van der Waals surface area contributed by atoms with Crippen molar-refractivity contribution in [2.75, 3.05) is 37.1 Å². The fraction of sp³-hybridized carbons (Fsp3) is 0.667. The number of nitrogens with zero attached hydrogens (tertiary/aromatic N) is 2. The molecule has 0 radical (unpaired) electrons. The molecule has 22 heavy (non-hydrogen) atoms. The minimum Gasteiger partial charge on any atom is -0.394 e. The van der Waals surface area contributed by atoms with Crippen molar-refractivity contribution in [2.45, 2.75) is 24.3 Å². The van der Waals surface area contributed by atoms with E-state index >= 15 is 0 Å². The average Bonchev–Trinajstić information content (AvgIpc) is 2.57. The molecule has 0 spiro atoms. The molecule has 1 aromatic rings. The van der Waals surface area contributed by atoms with E-state index in [4.69, 9.17) is 10.2 Å². The molecule has 0 aliphatic carbocycles. The molecule has 126 valence electrons. The highest BCUT2D eigenvalue weighted by Gasteiger charge is 2.22. The highest BCUT2D eigenvalue weighted by molar-refractivity contribution is 5.59. The average molecular weight is 318 g/mol. The summed E-state index contributed by atoms with van der Waals surface area (Å²) in [6.07, 6.45) is 0.306. The lowest BCUT2D eigenvalue weighted by Gasteiger charge is -2.25. The van der Waals surface area contributed by atoms with E-state index in [0.717, 1.165) is 0 Å². The van der Waals surface area contributed by atoms with Gasteiger partial charge in [0.1, 0.15) is 0 Å². The van der Waals surface area contributed by atoms with Crippen molar-refractivity contribution in [3.8, 4) is 0 Å². The zero-order valence-corrected chi connectivity index (χ0v) is 11.9. The van der Waals surface area contributed by atoms with Crippen molar-refractivity contribution in [3.05, 3.63) is 12.4 Å². The highest BCUT2D eigenvalue weighted by atomic mass is 16.3. The SMILES string of the molecule is OCC(O)C(CO)Nc1nccnc1NC(CO)C(O)CO. The molecule has 0 aliphatic heterocycles. The maximum absolute atomic E-state index is 9.57. The van der Waals surface area contributed by atoms with Gasteiger partial charge in [-0.25, -0.2) is 9.97 Å². The molecular formula is C12H22N4O6. The first-order chi connectivity index (χ1) is 10.6. The van der Waals surface area contributed by atoms with Crippen LogP contribution in [-0.2, 0) is 0 Å². The van der Waals surface area contributed by atoms with E-state index < -0.39 is 50.7 Å². The molecule has 0 aromatic carbocycles. The summed E-state index contributed by atoms with van der Waals surface area (Å²) in [5.74, 6) is 0.301. The van der Waals surface area contributed by atoms with Crippen LogP contribution in [0.25, 0.3) is 0 Å². The third-order valence-corrected chi connectivity index (χ3v) is 3.04. The van der Waals surface area contributed by atoms with Crippen molar-refractivity contribution in [1.29, 1.82) is 0 Å². The summed E-state index contributed by atoms with van der Waals surface area (Å²) in [7, 11) is 0. The largest absolute Gasteiger partial charge is 0.394 e.